The summed E-state index contributed by atoms with van der Waals surface area (Å²) in [4.78, 5) is 8.43. The molecule has 8 heteroatoms. The Morgan fingerprint density at radius 3 is 2.26 bits per heavy atom. The number of fused-ring (bicyclic) bond motifs is 2. The van der Waals surface area contributed by atoms with Gasteiger partial charge in [-0.3, -0.25) is 0 Å². The molecule has 0 aliphatic rings. The van der Waals surface area contributed by atoms with E-state index < -0.39 is 0 Å². The summed E-state index contributed by atoms with van der Waals surface area (Å²) in [6.45, 7) is 1.93. The molecule has 39 heavy (non-hydrogen) atoms. The van der Waals surface area contributed by atoms with Crippen LogP contribution in [0.1, 0.15) is 11.3 Å². The van der Waals surface area contributed by atoms with Crippen molar-refractivity contribution in [3.05, 3.63) is 84.2 Å². The number of ether oxygens (including phenoxy) is 3. The number of aromatic amines is 1. The summed E-state index contributed by atoms with van der Waals surface area (Å²) in [5, 5.41) is 17.3. The molecule has 3 aromatic carbocycles. The molecule has 0 saturated heterocycles. The lowest BCUT2D eigenvalue weighted by molar-refractivity contribution is 0.324. The number of hydrogen-bond acceptors (Lipinski definition) is 6. The molecule has 0 aliphatic carbocycles. The van der Waals surface area contributed by atoms with E-state index in [9.17, 15) is 5.26 Å². The van der Waals surface area contributed by atoms with Crippen molar-refractivity contribution in [3.8, 4) is 51.4 Å². The molecule has 0 aliphatic heterocycles. The lowest BCUT2D eigenvalue weighted by Gasteiger charge is -2.17. The molecule has 192 valence electrons. The highest BCUT2D eigenvalue weighted by Gasteiger charge is 2.26. The number of pyridine rings is 1. The molecule has 0 radical (unpaired) electrons. The van der Waals surface area contributed by atoms with E-state index in [4.69, 9.17) is 24.3 Å². The maximum Gasteiger partial charge on any atom is 0.203 e. The third-order valence-corrected chi connectivity index (χ3v) is 6.90. The fourth-order valence-corrected chi connectivity index (χ4v) is 5.15. The number of methoxy groups -OCH3 is 3. The van der Waals surface area contributed by atoms with Crippen molar-refractivity contribution >= 4 is 21.9 Å². The van der Waals surface area contributed by atoms with Crippen LogP contribution in [0.4, 0.5) is 0 Å². The number of nitrogens with one attached hydrogen (secondary N) is 1. The molecule has 3 heterocycles. The normalized spacial score (nSPS) is 11.1. The van der Waals surface area contributed by atoms with Gasteiger partial charge in [-0.15, -0.1) is 0 Å². The van der Waals surface area contributed by atoms with Gasteiger partial charge in [-0.05, 0) is 42.8 Å². The van der Waals surface area contributed by atoms with Crippen LogP contribution in [0, 0.1) is 18.3 Å². The van der Waals surface area contributed by atoms with Gasteiger partial charge in [-0.25, -0.2) is 9.67 Å². The first-order valence-corrected chi connectivity index (χ1v) is 12.3. The average molecular weight is 516 g/mol. The molecule has 0 fully saturated rings. The van der Waals surface area contributed by atoms with Crippen molar-refractivity contribution in [2.24, 2.45) is 0 Å². The van der Waals surface area contributed by atoms with E-state index in [0.717, 1.165) is 38.8 Å². The Morgan fingerprint density at radius 1 is 0.897 bits per heavy atom. The van der Waals surface area contributed by atoms with Crippen molar-refractivity contribution in [2.75, 3.05) is 21.3 Å². The summed E-state index contributed by atoms with van der Waals surface area (Å²) >= 11 is 0. The zero-order valence-corrected chi connectivity index (χ0v) is 21.9. The predicted octanol–water partition coefficient (Wildman–Crippen LogP) is 6.44. The number of aryl methyl sites for hydroxylation is 1. The van der Waals surface area contributed by atoms with Crippen molar-refractivity contribution in [2.45, 2.75) is 6.92 Å². The van der Waals surface area contributed by atoms with Gasteiger partial charge in [0, 0.05) is 28.2 Å². The molecule has 0 saturated carbocycles. The van der Waals surface area contributed by atoms with E-state index in [2.05, 4.69) is 11.1 Å². The van der Waals surface area contributed by atoms with Gasteiger partial charge in [0.05, 0.1) is 49.4 Å². The van der Waals surface area contributed by atoms with Gasteiger partial charge < -0.3 is 19.2 Å². The topological polar surface area (TPSA) is 98.0 Å². The van der Waals surface area contributed by atoms with Gasteiger partial charge in [0.15, 0.2) is 17.1 Å². The molecular weight excluding hydrogens is 490 g/mol. The monoisotopic (exact) mass is 515 g/mol. The largest absolute Gasteiger partial charge is 0.493 e. The van der Waals surface area contributed by atoms with E-state index in [-0.39, 0.29) is 0 Å². The minimum Gasteiger partial charge on any atom is -0.493 e. The summed E-state index contributed by atoms with van der Waals surface area (Å²) < 4.78 is 18.7. The molecule has 1 N–H and O–H groups in total. The Kier molecular flexibility index (Phi) is 5.89. The maximum atomic E-state index is 10.6. The van der Waals surface area contributed by atoms with Crippen LogP contribution in [0.5, 0.6) is 17.2 Å². The number of nitrogens with zero attached hydrogens (tertiary/aromatic N) is 4. The summed E-state index contributed by atoms with van der Waals surface area (Å²) in [6.07, 6.45) is 1.90. The van der Waals surface area contributed by atoms with Gasteiger partial charge in [0.25, 0.3) is 0 Å². The van der Waals surface area contributed by atoms with Gasteiger partial charge in [0.1, 0.15) is 6.07 Å². The summed E-state index contributed by atoms with van der Waals surface area (Å²) in [6, 6.07) is 24.0. The van der Waals surface area contributed by atoms with Crippen LogP contribution in [-0.2, 0) is 0 Å². The first kappa shape index (κ1) is 24.1. The Labute approximate surface area is 225 Å². The number of nitriles is 1. The molecular formula is C31H25N5O3. The SMILES string of the molecule is COc1cc(-c2c(C#N)c(-c3c[nH]c4ccccc34)nc3c2c(C)nn3-c2ccccc2)cc(OC)c1OC. The number of hydrogen-bond donors (Lipinski definition) is 1. The number of para-hydroxylation sites is 2. The third-order valence-electron chi connectivity index (χ3n) is 6.90. The number of aromatic nitrogens is 4. The highest BCUT2D eigenvalue weighted by Crippen LogP contribution is 2.46. The van der Waals surface area contributed by atoms with Gasteiger partial charge in [-0.2, -0.15) is 10.4 Å². The molecule has 3 aromatic heterocycles. The van der Waals surface area contributed by atoms with Crippen LogP contribution in [0.15, 0.2) is 72.9 Å². The second-order valence-electron chi connectivity index (χ2n) is 9.02. The second kappa shape index (κ2) is 9.54. The minimum absolute atomic E-state index is 0.428. The van der Waals surface area contributed by atoms with Crippen LogP contribution in [0.3, 0.4) is 0 Å². The Hall–Kier alpha value is -5.29. The van der Waals surface area contributed by atoms with Crippen LogP contribution in [0.2, 0.25) is 0 Å². The number of benzene rings is 3. The second-order valence-corrected chi connectivity index (χ2v) is 9.02. The zero-order valence-electron chi connectivity index (χ0n) is 21.9. The van der Waals surface area contributed by atoms with Gasteiger partial charge in [-0.1, -0.05) is 36.4 Å². The molecule has 8 nitrogen and oxygen atoms in total. The molecule has 6 aromatic rings. The first-order chi connectivity index (χ1) is 19.1. The molecule has 0 atom stereocenters. The molecule has 0 spiro atoms. The molecule has 0 unspecified atom stereocenters. The summed E-state index contributed by atoms with van der Waals surface area (Å²) in [7, 11) is 4.71. The molecule has 0 bridgehead atoms. The van der Waals surface area contributed by atoms with Gasteiger partial charge in [0.2, 0.25) is 5.75 Å². The Bertz CT molecular complexity index is 1870. The van der Waals surface area contributed by atoms with E-state index in [0.29, 0.717) is 39.7 Å². The van der Waals surface area contributed by atoms with E-state index >= 15 is 0 Å². The fraction of sp³-hybridized carbons (Fsp3) is 0.129. The average Bonchev–Trinajstić information content (AvgIpc) is 3.56. The highest BCUT2D eigenvalue weighted by atomic mass is 16.5. The van der Waals surface area contributed by atoms with E-state index in [1.165, 1.54) is 0 Å². The first-order valence-electron chi connectivity index (χ1n) is 12.3. The number of rotatable bonds is 6. The lowest BCUT2D eigenvalue weighted by Crippen LogP contribution is -2.01. The fourth-order valence-electron chi connectivity index (χ4n) is 5.15. The van der Waals surface area contributed by atoms with Crippen molar-refractivity contribution in [1.82, 2.24) is 19.7 Å². The van der Waals surface area contributed by atoms with E-state index in [1.807, 2.05) is 84.5 Å². The van der Waals surface area contributed by atoms with Crippen molar-refractivity contribution < 1.29 is 14.2 Å². The summed E-state index contributed by atoms with van der Waals surface area (Å²) in [5.41, 5.74) is 6.45. The van der Waals surface area contributed by atoms with E-state index in [1.54, 1.807) is 21.3 Å². The quantitative estimate of drug-likeness (QED) is 0.274. The smallest absolute Gasteiger partial charge is 0.203 e. The maximum absolute atomic E-state index is 10.6. The van der Waals surface area contributed by atoms with Crippen LogP contribution < -0.4 is 14.2 Å². The van der Waals surface area contributed by atoms with Crippen LogP contribution >= 0.6 is 0 Å². The Balaban J connectivity index is 1.79. The predicted molar refractivity (Wildman–Crippen MR) is 151 cm³/mol. The van der Waals surface area contributed by atoms with Crippen LogP contribution in [0.25, 0.3) is 50.0 Å². The Morgan fingerprint density at radius 2 is 1.59 bits per heavy atom. The van der Waals surface area contributed by atoms with Crippen LogP contribution in [-0.4, -0.2) is 41.1 Å². The highest BCUT2D eigenvalue weighted by molar-refractivity contribution is 6.05. The summed E-state index contributed by atoms with van der Waals surface area (Å²) in [5.74, 6) is 1.45. The zero-order chi connectivity index (χ0) is 27.1. The molecule has 0 amide bonds. The number of H-pyrrole nitrogens is 1. The third kappa shape index (κ3) is 3.75. The van der Waals surface area contributed by atoms with Crippen molar-refractivity contribution in [1.29, 1.82) is 5.26 Å². The minimum atomic E-state index is 0.428. The van der Waals surface area contributed by atoms with Gasteiger partial charge >= 0.3 is 0 Å². The molecule has 6 rings (SSSR count). The van der Waals surface area contributed by atoms with Crippen molar-refractivity contribution in [3.63, 3.8) is 0 Å². The lowest BCUT2D eigenvalue weighted by atomic mass is 9.92. The standard InChI is InChI=1S/C31H25N5O3/c1-18-27-28(19-14-25(37-2)30(39-4)26(15-19)38-3)22(16-32)29(23-17-33-24-13-9-8-12-21(23)24)34-31(27)36(35-18)20-10-6-5-7-11-20/h5-15,17,33H,1-4H3.